The highest BCUT2D eigenvalue weighted by Crippen LogP contribution is 2.37. The Bertz CT molecular complexity index is 596. The number of piperidine rings is 1. The molecule has 1 aromatic rings. The number of nitrogens with zero attached hydrogens (tertiary/aromatic N) is 1. The van der Waals surface area contributed by atoms with E-state index in [2.05, 4.69) is 29.2 Å². The Kier molecular flexibility index (Phi) is 4.83. The summed E-state index contributed by atoms with van der Waals surface area (Å²) >= 11 is 0. The van der Waals surface area contributed by atoms with E-state index in [1.165, 1.54) is 11.1 Å². The van der Waals surface area contributed by atoms with E-state index in [1.54, 1.807) is 0 Å². The molecule has 0 saturated carbocycles. The smallest absolute Gasteiger partial charge is 0.222 e. The van der Waals surface area contributed by atoms with E-state index in [1.807, 2.05) is 6.92 Å². The number of hydrogen-bond donors (Lipinski definition) is 0. The summed E-state index contributed by atoms with van der Waals surface area (Å²) in [5.74, 6) is 0.804. The third kappa shape index (κ3) is 3.61. The molecule has 2 heterocycles. The lowest BCUT2D eigenvalue weighted by Crippen LogP contribution is -2.47. The van der Waals surface area contributed by atoms with Crippen molar-refractivity contribution in [1.82, 2.24) is 4.90 Å². The first-order valence-electron chi connectivity index (χ1n) is 9.77. The number of carbonyl (C=O) groups excluding carboxylic acids is 1. The molecular formula is C21H29NO3. The van der Waals surface area contributed by atoms with Crippen LogP contribution in [-0.4, -0.2) is 48.8 Å². The number of likely N-dealkylation sites (tertiary alicyclic amines) is 1. The number of rotatable bonds is 4. The summed E-state index contributed by atoms with van der Waals surface area (Å²) in [7, 11) is 0. The fourth-order valence-electron chi connectivity index (χ4n) is 4.83. The van der Waals surface area contributed by atoms with Gasteiger partial charge in [0.2, 0.25) is 5.91 Å². The Hall–Kier alpha value is -1.39. The van der Waals surface area contributed by atoms with E-state index in [0.717, 1.165) is 51.8 Å². The summed E-state index contributed by atoms with van der Waals surface area (Å²) in [5.41, 5.74) is 2.82. The lowest BCUT2D eigenvalue weighted by Gasteiger charge is -2.39. The van der Waals surface area contributed by atoms with Gasteiger partial charge in [-0.1, -0.05) is 24.3 Å². The number of carbonyl (C=O) groups is 1. The summed E-state index contributed by atoms with van der Waals surface area (Å²) in [6.07, 6.45) is 5.92. The predicted molar refractivity (Wildman–Crippen MR) is 96.5 cm³/mol. The summed E-state index contributed by atoms with van der Waals surface area (Å²) < 4.78 is 11.8. The van der Waals surface area contributed by atoms with Crippen molar-refractivity contribution in [1.29, 1.82) is 0 Å². The lowest BCUT2D eigenvalue weighted by atomic mass is 9.87. The van der Waals surface area contributed by atoms with Gasteiger partial charge in [-0.3, -0.25) is 4.79 Å². The average molecular weight is 343 g/mol. The van der Waals surface area contributed by atoms with Crippen LogP contribution in [0.3, 0.4) is 0 Å². The van der Waals surface area contributed by atoms with Crippen LogP contribution in [0, 0.1) is 5.92 Å². The van der Waals surface area contributed by atoms with Crippen molar-refractivity contribution >= 4 is 5.91 Å². The van der Waals surface area contributed by atoms with E-state index in [9.17, 15) is 4.79 Å². The minimum atomic E-state index is -0.0415. The molecule has 0 N–H and O–H groups in total. The number of amides is 1. The van der Waals surface area contributed by atoms with Crippen molar-refractivity contribution < 1.29 is 14.3 Å². The zero-order chi connectivity index (χ0) is 17.3. The van der Waals surface area contributed by atoms with Crippen molar-refractivity contribution in [3.63, 3.8) is 0 Å². The fourth-order valence-corrected chi connectivity index (χ4v) is 4.83. The predicted octanol–water partition coefficient (Wildman–Crippen LogP) is 2.98. The largest absolute Gasteiger partial charge is 0.376 e. The minimum absolute atomic E-state index is 0.0415. The molecule has 2 saturated heterocycles. The zero-order valence-corrected chi connectivity index (χ0v) is 15.2. The molecule has 4 heteroatoms. The monoisotopic (exact) mass is 343 g/mol. The summed E-state index contributed by atoms with van der Waals surface area (Å²) in [5, 5.41) is 0. The molecular weight excluding hydrogens is 314 g/mol. The van der Waals surface area contributed by atoms with Crippen molar-refractivity contribution in [2.45, 2.75) is 57.2 Å². The van der Waals surface area contributed by atoms with Crippen molar-refractivity contribution in [3.05, 3.63) is 35.4 Å². The van der Waals surface area contributed by atoms with Crippen LogP contribution >= 0.6 is 0 Å². The van der Waals surface area contributed by atoms with Gasteiger partial charge in [0.15, 0.2) is 0 Å². The van der Waals surface area contributed by atoms with Crippen LogP contribution in [0.4, 0.5) is 0 Å². The van der Waals surface area contributed by atoms with Gasteiger partial charge in [-0.2, -0.15) is 0 Å². The number of benzene rings is 1. The normalized spacial score (nSPS) is 25.5. The van der Waals surface area contributed by atoms with Gasteiger partial charge in [0.25, 0.3) is 0 Å². The standard InChI is InChI=1S/C21H29NO3/c1-2-24-19-14-21(25-15-19)7-9-22(10-8-21)20(23)13-16-11-17-5-3-4-6-18(17)12-16/h3-6,16,19H,2,7-15H2,1H3. The molecule has 4 rings (SSSR count). The zero-order valence-electron chi connectivity index (χ0n) is 15.2. The second-order valence-corrected chi connectivity index (χ2v) is 7.90. The van der Waals surface area contributed by atoms with E-state index in [-0.39, 0.29) is 11.7 Å². The Balaban J connectivity index is 1.27. The molecule has 25 heavy (non-hydrogen) atoms. The van der Waals surface area contributed by atoms with Gasteiger partial charge in [0.1, 0.15) is 0 Å². The van der Waals surface area contributed by atoms with Crippen LogP contribution < -0.4 is 0 Å². The number of hydrogen-bond acceptors (Lipinski definition) is 3. The Morgan fingerprint density at radius 1 is 1.24 bits per heavy atom. The first kappa shape index (κ1) is 17.0. The van der Waals surface area contributed by atoms with E-state index < -0.39 is 0 Å². The van der Waals surface area contributed by atoms with Crippen LogP contribution in [0.2, 0.25) is 0 Å². The Labute approximate surface area is 150 Å². The van der Waals surface area contributed by atoms with Gasteiger partial charge in [-0.15, -0.1) is 0 Å². The SMILES string of the molecule is CCOC1COC2(CCN(C(=O)CC3Cc4ccccc4C3)CC2)C1. The highest BCUT2D eigenvalue weighted by atomic mass is 16.6. The van der Waals surface area contributed by atoms with Crippen molar-refractivity contribution in [2.24, 2.45) is 5.92 Å². The van der Waals surface area contributed by atoms with E-state index in [4.69, 9.17) is 9.47 Å². The second-order valence-electron chi connectivity index (χ2n) is 7.90. The van der Waals surface area contributed by atoms with Gasteiger partial charge < -0.3 is 14.4 Å². The van der Waals surface area contributed by atoms with Crippen LogP contribution in [-0.2, 0) is 27.1 Å². The van der Waals surface area contributed by atoms with Gasteiger partial charge in [-0.25, -0.2) is 0 Å². The van der Waals surface area contributed by atoms with Crippen molar-refractivity contribution in [3.8, 4) is 0 Å². The molecule has 1 aromatic carbocycles. The van der Waals surface area contributed by atoms with E-state index >= 15 is 0 Å². The highest BCUT2D eigenvalue weighted by molar-refractivity contribution is 5.76. The van der Waals surface area contributed by atoms with Crippen LogP contribution in [0.5, 0.6) is 0 Å². The van der Waals surface area contributed by atoms with Gasteiger partial charge >= 0.3 is 0 Å². The molecule has 1 unspecified atom stereocenters. The summed E-state index contributed by atoms with van der Waals surface area (Å²) in [6.45, 7) is 5.16. The molecule has 4 nitrogen and oxygen atoms in total. The molecule has 1 amide bonds. The van der Waals surface area contributed by atoms with E-state index in [0.29, 0.717) is 24.9 Å². The first-order valence-corrected chi connectivity index (χ1v) is 9.77. The maximum atomic E-state index is 12.7. The lowest BCUT2D eigenvalue weighted by molar-refractivity contribution is -0.136. The maximum absolute atomic E-state index is 12.7. The molecule has 1 aliphatic carbocycles. The molecule has 0 bridgehead atoms. The molecule has 2 aliphatic heterocycles. The molecule has 0 aromatic heterocycles. The minimum Gasteiger partial charge on any atom is -0.376 e. The first-order chi connectivity index (χ1) is 12.2. The second kappa shape index (κ2) is 7.08. The maximum Gasteiger partial charge on any atom is 0.222 e. The quantitative estimate of drug-likeness (QED) is 0.844. The average Bonchev–Trinajstić information content (AvgIpc) is 3.19. The van der Waals surface area contributed by atoms with Gasteiger partial charge in [0.05, 0.1) is 18.3 Å². The molecule has 3 aliphatic rings. The highest BCUT2D eigenvalue weighted by Gasteiger charge is 2.43. The van der Waals surface area contributed by atoms with Crippen molar-refractivity contribution in [2.75, 3.05) is 26.3 Å². The van der Waals surface area contributed by atoms with Crippen LogP contribution in [0.15, 0.2) is 24.3 Å². The van der Waals surface area contributed by atoms with Gasteiger partial charge in [0, 0.05) is 32.5 Å². The van der Waals surface area contributed by atoms with Crippen LogP contribution in [0.25, 0.3) is 0 Å². The summed E-state index contributed by atoms with van der Waals surface area (Å²) in [4.78, 5) is 14.8. The number of fused-ring (bicyclic) bond motifs is 1. The topological polar surface area (TPSA) is 38.8 Å². The van der Waals surface area contributed by atoms with Crippen LogP contribution in [0.1, 0.15) is 43.7 Å². The molecule has 136 valence electrons. The molecule has 1 spiro atoms. The molecule has 0 radical (unpaired) electrons. The summed E-state index contributed by atoms with van der Waals surface area (Å²) in [6, 6.07) is 8.61. The third-order valence-electron chi connectivity index (χ3n) is 6.20. The van der Waals surface area contributed by atoms with Gasteiger partial charge in [-0.05, 0) is 49.7 Å². The Morgan fingerprint density at radius 3 is 2.56 bits per heavy atom. The number of ether oxygens (including phenoxy) is 2. The fraction of sp³-hybridized carbons (Fsp3) is 0.667. The Morgan fingerprint density at radius 2 is 1.92 bits per heavy atom. The molecule has 2 fully saturated rings. The third-order valence-corrected chi connectivity index (χ3v) is 6.20. The molecule has 1 atom stereocenters.